The van der Waals surface area contributed by atoms with Crippen LogP contribution in [0.25, 0.3) is 11.1 Å². The van der Waals surface area contributed by atoms with Crippen molar-refractivity contribution in [1.82, 2.24) is 14.7 Å². The smallest absolute Gasteiger partial charge is 0.313 e. The van der Waals surface area contributed by atoms with E-state index in [1.165, 1.54) is 18.2 Å². The molecule has 1 aliphatic heterocycles. The zero-order chi connectivity index (χ0) is 20.8. The van der Waals surface area contributed by atoms with E-state index in [1.54, 1.807) is 23.2 Å². The minimum Gasteiger partial charge on any atom is -0.313 e. The van der Waals surface area contributed by atoms with Crippen LogP contribution >= 0.6 is 0 Å². The van der Waals surface area contributed by atoms with Crippen LogP contribution in [0.1, 0.15) is 31.0 Å². The zero-order valence-electron chi connectivity index (χ0n) is 16.0. The normalized spacial score (nSPS) is 20.0. The van der Waals surface area contributed by atoms with Gasteiger partial charge in [-0.3, -0.25) is 4.68 Å². The SMILES string of the molecule is O=C(Nc1ccc(F)c(F)c1)N1Cc2c(-c3ccc(F)cc3)cnn2C2CCCC21. The third kappa shape index (κ3) is 3.12. The molecule has 2 aliphatic rings. The van der Waals surface area contributed by atoms with E-state index in [2.05, 4.69) is 10.4 Å². The van der Waals surface area contributed by atoms with Crippen molar-refractivity contribution in [3.63, 3.8) is 0 Å². The predicted molar refractivity (Wildman–Crippen MR) is 105 cm³/mol. The number of carbonyl (C=O) groups excluding carboxylic acids is 1. The fraction of sp³-hybridized carbons (Fsp3) is 0.273. The second-order valence-electron chi connectivity index (χ2n) is 7.71. The molecule has 154 valence electrons. The lowest BCUT2D eigenvalue weighted by atomic mass is 10.0. The Kier molecular flexibility index (Phi) is 4.49. The number of carbonyl (C=O) groups is 1. The van der Waals surface area contributed by atoms with E-state index >= 15 is 0 Å². The largest absolute Gasteiger partial charge is 0.322 e. The Morgan fingerprint density at radius 3 is 2.53 bits per heavy atom. The highest BCUT2D eigenvalue weighted by Crippen LogP contribution is 2.41. The molecule has 2 heterocycles. The highest BCUT2D eigenvalue weighted by molar-refractivity contribution is 5.89. The summed E-state index contributed by atoms with van der Waals surface area (Å²) in [5.41, 5.74) is 2.76. The topological polar surface area (TPSA) is 50.2 Å². The van der Waals surface area contributed by atoms with Gasteiger partial charge in [0, 0.05) is 17.3 Å². The molecule has 0 radical (unpaired) electrons. The summed E-state index contributed by atoms with van der Waals surface area (Å²) in [6.45, 7) is 0.323. The lowest BCUT2D eigenvalue weighted by Crippen LogP contribution is -2.48. The van der Waals surface area contributed by atoms with Crippen molar-refractivity contribution in [2.75, 3.05) is 5.32 Å². The van der Waals surface area contributed by atoms with Crippen LogP contribution in [0.2, 0.25) is 0 Å². The maximum Gasteiger partial charge on any atom is 0.322 e. The number of urea groups is 1. The third-order valence-corrected chi connectivity index (χ3v) is 5.96. The molecule has 1 fully saturated rings. The molecule has 2 aromatic carbocycles. The summed E-state index contributed by atoms with van der Waals surface area (Å²) in [4.78, 5) is 14.8. The van der Waals surface area contributed by atoms with E-state index in [9.17, 15) is 18.0 Å². The van der Waals surface area contributed by atoms with Crippen molar-refractivity contribution in [2.45, 2.75) is 37.9 Å². The van der Waals surface area contributed by atoms with E-state index in [1.807, 2.05) is 4.68 Å². The second kappa shape index (κ2) is 7.19. The Morgan fingerprint density at radius 1 is 1.00 bits per heavy atom. The molecule has 8 heteroatoms. The first-order valence-electron chi connectivity index (χ1n) is 9.86. The van der Waals surface area contributed by atoms with Gasteiger partial charge in [0.15, 0.2) is 11.6 Å². The highest BCUT2D eigenvalue weighted by atomic mass is 19.2. The van der Waals surface area contributed by atoms with Gasteiger partial charge in [-0.1, -0.05) is 12.1 Å². The molecule has 1 saturated carbocycles. The zero-order valence-corrected chi connectivity index (χ0v) is 16.0. The van der Waals surface area contributed by atoms with E-state index < -0.39 is 11.6 Å². The Balaban J connectivity index is 1.47. The summed E-state index contributed by atoms with van der Waals surface area (Å²) in [6.07, 6.45) is 4.47. The molecule has 1 aromatic heterocycles. The summed E-state index contributed by atoms with van der Waals surface area (Å²) in [5, 5.41) is 7.25. The molecule has 5 nitrogen and oxygen atoms in total. The van der Waals surface area contributed by atoms with E-state index in [0.717, 1.165) is 48.2 Å². The number of nitrogens with zero attached hydrogens (tertiary/aromatic N) is 3. The number of aromatic nitrogens is 2. The molecule has 0 saturated heterocycles. The van der Waals surface area contributed by atoms with Crippen molar-refractivity contribution in [3.8, 4) is 11.1 Å². The van der Waals surface area contributed by atoms with E-state index in [4.69, 9.17) is 0 Å². The predicted octanol–water partition coefficient (Wildman–Crippen LogP) is 5.11. The number of hydrogen-bond donors (Lipinski definition) is 1. The fourth-order valence-electron chi connectivity index (χ4n) is 4.54. The van der Waals surface area contributed by atoms with Crippen LogP contribution in [0.4, 0.5) is 23.7 Å². The number of hydrogen-bond acceptors (Lipinski definition) is 2. The van der Waals surface area contributed by atoms with Gasteiger partial charge in [0.1, 0.15) is 5.82 Å². The van der Waals surface area contributed by atoms with Gasteiger partial charge < -0.3 is 10.2 Å². The molecule has 0 spiro atoms. The molecule has 3 aromatic rings. The molecule has 1 aliphatic carbocycles. The Labute approximate surface area is 171 Å². The number of anilines is 1. The molecule has 0 bridgehead atoms. The van der Waals surface area contributed by atoms with Crippen molar-refractivity contribution in [1.29, 1.82) is 0 Å². The Morgan fingerprint density at radius 2 is 1.77 bits per heavy atom. The van der Waals surface area contributed by atoms with Crippen LogP contribution < -0.4 is 5.32 Å². The second-order valence-corrected chi connectivity index (χ2v) is 7.71. The van der Waals surface area contributed by atoms with Crippen LogP contribution in [-0.4, -0.2) is 26.8 Å². The summed E-state index contributed by atoms with van der Waals surface area (Å²) < 4.78 is 42.1. The lowest BCUT2D eigenvalue weighted by molar-refractivity contribution is 0.139. The molecular formula is C22H19F3N4O. The number of nitrogens with one attached hydrogen (secondary N) is 1. The van der Waals surface area contributed by atoms with Gasteiger partial charge in [0.25, 0.3) is 0 Å². The quantitative estimate of drug-likeness (QED) is 0.636. The average molecular weight is 412 g/mol. The van der Waals surface area contributed by atoms with Crippen LogP contribution in [0.5, 0.6) is 0 Å². The summed E-state index contributed by atoms with van der Waals surface area (Å²) >= 11 is 0. The number of amides is 2. The maximum absolute atomic E-state index is 13.5. The van der Waals surface area contributed by atoms with Gasteiger partial charge >= 0.3 is 6.03 Å². The summed E-state index contributed by atoms with van der Waals surface area (Å²) in [6, 6.07) is 9.14. The molecular weight excluding hydrogens is 393 g/mol. The first-order chi connectivity index (χ1) is 14.5. The summed E-state index contributed by atoms with van der Waals surface area (Å²) in [7, 11) is 0. The van der Waals surface area contributed by atoms with Gasteiger partial charge in [-0.15, -0.1) is 0 Å². The van der Waals surface area contributed by atoms with Crippen LogP contribution in [0, 0.1) is 17.5 Å². The van der Waals surface area contributed by atoms with Gasteiger partial charge in [-0.25, -0.2) is 18.0 Å². The monoisotopic (exact) mass is 412 g/mol. The van der Waals surface area contributed by atoms with Crippen LogP contribution in [-0.2, 0) is 6.54 Å². The minimum atomic E-state index is -1.01. The van der Waals surface area contributed by atoms with Gasteiger partial charge in [-0.2, -0.15) is 5.10 Å². The Hall–Kier alpha value is -3.29. The molecule has 1 N–H and O–H groups in total. The fourth-order valence-corrected chi connectivity index (χ4v) is 4.54. The first-order valence-corrected chi connectivity index (χ1v) is 9.86. The molecule has 2 atom stereocenters. The van der Waals surface area contributed by atoms with Crippen molar-refractivity contribution >= 4 is 11.7 Å². The first kappa shape index (κ1) is 18.7. The van der Waals surface area contributed by atoms with Crippen molar-refractivity contribution in [3.05, 3.63) is 71.8 Å². The highest BCUT2D eigenvalue weighted by Gasteiger charge is 2.42. The number of halogens is 3. The third-order valence-electron chi connectivity index (χ3n) is 5.96. The van der Waals surface area contributed by atoms with Crippen LogP contribution in [0.15, 0.2) is 48.7 Å². The molecule has 5 rings (SSSR count). The molecule has 30 heavy (non-hydrogen) atoms. The van der Waals surface area contributed by atoms with Gasteiger partial charge in [0.05, 0.1) is 30.5 Å². The number of fused-ring (bicyclic) bond motifs is 3. The summed E-state index contributed by atoms with van der Waals surface area (Å²) in [5.74, 6) is -2.29. The van der Waals surface area contributed by atoms with Crippen molar-refractivity contribution < 1.29 is 18.0 Å². The van der Waals surface area contributed by atoms with Crippen molar-refractivity contribution in [2.24, 2.45) is 0 Å². The van der Waals surface area contributed by atoms with Gasteiger partial charge in [-0.05, 0) is 49.1 Å². The lowest BCUT2D eigenvalue weighted by Gasteiger charge is -2.38. The number of benzene rings is 2. The van der Waals surface area contributed by atoms with Crippen LogP contribution in [0.3, 0.4) is 0 Å². The standard InChI is InChI=1S/C22H19F3N4O/c23-14-6-4-13(5-7-14)16-11-26-29-20-3-1-2-19(20)28(12-21(16)29)22(30)27-15-8-9-17(24)18(25)10-15/h4-11,19-20H,1-3,12H2,(H,27,30). The minimum absolute atomic E-state index is 0.0243. The molecule has 2 amide bonds. The van der Waals surface area contributed by atoms with Gasteiger partial charge in [0.2, 0.25) is 0 Å². The Bertz CT molecular complexity index is 1110. The molecule has 2 unspecified atom stereocenters. The number of rotatable bonds is 2. The maximum atomic E-state index is 13.5. The average Bonchev–Trinajstić information content (AvgIpc) is 3.37. The van der Waals surface area contributed by atoms with E-state index in [0.29, 0.717) is 6.54 Å². The van der Waals surface area contributed by atoms with E-state index in [-0.39, 0.29) is 29.6 Å².